The van der Waals surface area contributed by atoms with Crippen LogP contribution in [0.5, 0.6) is 0 Å². The Hall–Kier alpha value is -0.120. The van der Waals surface area contributed by atoms with Crippen LogP contribution < -0.4 is 17.2 Å². The molecule has 24 heavy (non-hydrogen) atoms. The molecule has 0 amide bonds. The lowest BCUT2D eigenvalue weighted by atomic mass is 9.78. The molecule has 0 bridgehead atoms. The lowest BCUT2D eigenvalue weighted by Crippen LogP contribution is -2.61. The molecular weight excluding hydrogens is 294 g/mol. The fraction of sp³-hybridized carbons (Fsp3) is 1.00. The summed E-state index contributed by atoms with van der Waals surface area (Å²) in [5.41, 5.74) is 17.1. The number of nitrogens with two attached hydrogens (primary N) is 3. The van der Waals surface area contributed by atoms with Crippen molar-refractivity contribution in [2.24, 2.45) is 28.5 Å². The summed E-state index contributed by atoms with van der Waals surface area (Å²) in [5, 5.41) is 0. The van der Waals surface area contributed by atoms with E-state index in [-0.39, 0.29) is 12.1 Å². The van der Waals surface area contributed by atoms with E-state index in [9.17, 15) is 0 Å². The molecule has 0 aliphatic rings. The molecule has 0 radical (unpaired) electrons. The van der Waals surface area contributed by atoms with Gasteiger partial charge in [0.2, 0.25) is 0 Å². The highest BCUT2D eigenvalue weighted by Gasteiger charge is 2.27. The highest BCUT2D eigenvalue weighted by molar-refractivity contribution is 4.94. The zero-order valence-corrected chi connectivity index (χ0v) is 18.7. The topological polar surface area (TPSA) is 78.1 Å². The van der Waals surface area contributed by atoms with Gasteiger partial charge in [-0.15, -0.1) is 0 Å². The van der Waals surface area contributed by atoms with Gasteiger partial charge in [-0.05, 0) is 32.1 Å². The van der Waals surface area contributed by atoms with Crippen LogP contribution in [0.1, 0.15) is 108 Å². The molecule has 3 heteroatoms. The van der Waals surface area contributed by atoms with Crippen molar-refractivity contribution in [2.45, 2.75) is 125 Å². The van der Waals surface area contributed by atoms with Gasteiger partial charge >= 0.3 is 0 Å². The fourth-order valence-electron chi connectivity index (χ4n) is 2.20. The molecule has 0 saturated heterocycles. The van der Waals surface area contributed by atoms with Gasteiger partial charge in [-0.2, -0.15) is 0 Å². The Morgan fingerprint density at radius 1 is 0.667 bits per heavy atom. The van der Waals surface area contributed by atoms with Crippen LogP contribution in [0.15, 0.2) is 0 Å². The van der Waals surface area contributed by atoms with E-state index < -0.39 is 5.54 Å². The van der Waals surface area contributed by atoms with Gasteiger partial charge in [0.05, 0.1) is 0 Å². The summed E-state index contributed by atoms with van der Waals surface area (Å²) >= 11 is 0. The molecule has 0 fully saturated rings. The quantitative estimate of drug-likeness (QED) is 0.547. The average Bonchev–Trinajstić information content (AvgIpc) is 2.57. The van der Waals surface area contributed by atoms with E-state index in [1.807, 2.05) is 20.8 Å². The van der Waals surface area contributed by atoms with Crippen molar-refractivity contribution in [3.05, 3.63) is 0 Å². The van der Waals surface area contributed by atoms with Crippen molar-refractivity contribution >= 4 is 0 Å². The molecule has 0 aromatic heterocycles. The van der Waals surface area contributed by atoms with Crippen molar-refractivity contribution < 1.29 is 0 Å². The van der Waals surface area contributed by atoms with Crippen LogP contribution in [0.2, 0.25) is 0 Å². The molecule has 0 saturated carbocycles. The van der Waals surface area contributed by atoms with E-state index in [0.29, 0.717) is 5.41 Å². The smallest absolute Gasteiger partial charge is 0.0427 e. The van der Waals surface area contributed by atoms with E-state index >= 15 is 0 Å². The molecule has 0 aromatic rings. The molecule has 3 nitrogen and oxygen atoms in total. The molecule has 0 aliphatic carbocycles. The maximum Gasteiger partial charge on any atom is 0.0427 e. The van der Waals surface area contributed by atoms with Crippen LogP contribution in [-0.4, -0.2) is 17.6 Å². The van der Waals surface area contributed by atoms with Crippen LogP contribution in [0, 0.1) is 11.3 Å². The Morgan fingerprint density at radius 3 is 0.917 bits per heavy atom. The standard InChI is InChI=1S/C9H20.C6H17N3.C6H14/c1-5-9(6-2,7-3)8-4;1-4(7)6(3,9)5(2)8;1-4-6(3)5-2/h5-8H2,1-4H3;4-5H,7-9H2,1-3H3;6H,4-5H2,1-3H3. The first-order valence-electron chi connectivity index (χ1n) is 10.2. The van der Waals surface area contributed by atoms with Crippen LogP contribution in [-0.2, 0) is 0 Å². The average molecular weight is 346 g/mol. The SMILES string of the molecule is CC(N)C(C)(N)C(C)N.CCC(C)CC.CCC(CC)(CC)CC. The van der Waals surface area contributed by atoms with Crippen LogP contribution in [0.25, 0.3) is 0 Å². The first-order valence-corrected chi connectivity index (χ1v) is 10.2. The summed E-state index contributed by atoms with van der Waals surface area (Å²) in [7, 11) is 0. The van der Waals surface area contributed by atoms with Crippen molar-refractivity contribution in [3.8, 4) is 0 Å². The van der Waals surface area contributed by atoms with Gasteiger partial charge in [0.1, 0.15) is 0 Å². The van der Waals surface area contributed by atoms with Gasteiger partial charge in [-0.3, -0.25) is 0 Å². The summed E-state index contributed by atoms with van der Waals surface area (Å²) in [5.74, 6) is 0.935. The lowest BCUT2D eigenvalue weighted by Gasteiger charge is -2.32. The molecular formula is C21H51N3. The second-order valence-electron chi connectivity index (χ2n) is 7.78. The molecule has 0 heterocycles. The predicted molar refractivity (Wildman–Crippen MR) is 113 cm³/mol. The van der Waals surface area contributed by atoms with Crippen LogP contribution >= 0.6 is 0 Å². The van der Waals surface area contributed by atoms with Crippen molar-refractivity contribution in [1.82, 2.24) is 0 Å². The molecule has 2 unspecified atom stereocenters. The van der Waals surface area contributed by atoms with Crippen LogP contribution in [0.3, 0.4) is 0 Å². The van der Waals surface area contributed by atoms with Gasteiger partial charge in [-0.25, -0.2) is 0 Å². The Bertz CT molecular complexity index is 224. The highest BCUT2D eigenvalue weighted by Crippen LogP contribution is 2.33. The summed E-state index contributed by atoms with van der Waals surface area (Å²) in [4.78, 5) is 0. The molecule has 6 N–H and O–H groups in total. The van der Waals surface area contributed by atoms with Crippen molar-refractivity contribution in [1.29, 1.82) is 0 Å². The van der Waals surface area contributed by atoms with Gasteiger partial charge < -0.3 is 17.2 Å². The number of hydrogen-bond acceptors (Lipinski definition) is 3. The van der Waals surface area contributed by atoms with Gasteiger partial charge in [0.15, 0.2) is 0 Å². The van der Waals surface area contributed by atoms with Gasteiger partial charge in [0.25, 0.3) is 0 Å². The highest BCUT2D eigenvalue weighted by atomic mass is 14.9. The maximum absolute atomic E-state index is 5.75. The zero-order valence-electron chi connectivity index (χ0n) is 18.7. The van der Waals surface area contributed by atoms with Crippen molar-refractivity contribution in [2.75, 3.05) is 0 Å². The van der Waals surface area contributed by atoms with E-state index in [0.717, 1.165) is 5.92 Å². The molecule has 150 valence electrons. The minimum atomic E-state index is -0.444. The van der Waals surface area contributed by atoms with E-state index in [1.54, 1.807) is 0 Å². The summed E-state index contributed by atoms with van der Waals surface area (Å²) in [6.45, 7) is 21.5. The van der Waals surface area contributed by atoms with Gasteiger partial charge in [-0.1, -0.05) is 87.0 Å². The second kappa shape index (κ2) is 15.2. The Kier molecular flexibility index (Phi) is 18.1. The number of hydrogen-bond donors (Lipinski definition) is 3. The molecule has 0 spiro atoms. The van der Waals surface area contributed by atoms with Crippen molar-refractivity contribution in [3.63, 3.8) is 0 Å². The lowest BCUT2D eigenvalue weighted by molar-refractivity contribution is 0.240. The number of rotatable bonds is 8. The normalized spacial score (nSPS) is 16.2. The maximum atomic E-state index is 5.75. The third-order valence-corrected chi connectivity index (χ3v) is 6.36. The van der Waals surface area contributed by atoms with E-state index in [2.05, 4.69) is 48.5 Å². The summed E-state index contributed by atoms with van der Waals surface area (Å²) < 4.78 is 0. The van der Waals surface area contributed by atoms with Crippen LogP contribution in [0.4, 0.5) is 0 Å². The Labute approximate surface area is 154 Å². The minimum Gasteiger partial charge on any atom is -0.326 e. The molecule has 2 atom stereocenters. The summed E-state index contributed by atoms with van der Waals surface area (Å²) in [6, 6.07) is -0.116. The van der Waals surface area contributed by atoms with E-state index in [1.165, 1.54) is 38.5 Å². The monoisotopic (exact) mass is 345 g/mol. The fourth-order valence-corrected chi connectivity index (χ4v) is 2.20. The van der Waals surface area contributed by atoms with Gasteiger partial charge in [0, 0.05) is 17.6 Å². The first-order chi connectivity index (χ1) is 10.9. The molecule has 0 rings (SSSR count). The largest absolute Gasteiger partial charge is 0.326 e. The first kappa shape index (κ1) is 28.7. The minimum absolute atomic E-state index is 0.0579. The Morgan fingerprint density at radius 2 is 0.917 bits per heavy atom. The Balaban J connectivity index is -0.000000282. The zero-order chi connectivity index (χ0) is 20.0. The predicted octanol–water partition coefficient (Wildman–Crippen LogP) is 5.45. The third kappa shape index (κ3) is 12.3. The summed E-state index contributed by atoms with van der Waals surface area (Å²) in [6.07, 6.45) is 8.03. The molecule has 0 aromatic carbocycles. The third-order valence-electron chi connectivity index (χ3n) is 6.36. The second-order valence-corrected chi connectivity index (χ2v) is 7.78. The van der Waals surface area contributed by atoms with E-state index in [4.69, 9.17) is 17.2 Å². The molecule has 0 aliphatic heterocycles.